The van der Waals surface area contributed by atoms with Crippen LogP contribution in [0.4, 0.5) is 5.69 Å². The molecule has 0 unspecified atom stereocenters. The molecule has 0 amide bonds. The van der Waals surface area contributed by atoms with Gasteiger partial charge in [0, 0.05) is 11.8 Å². The van der Waals surface area contributed by atoms with Gasteiger partial charge in [0.25, 0.3) is 0 Å². The number of phenols is 1. The standard InChI is InChI=1S/C15H13NO4/c1-20-13-4-2-3-11(14(13)17)9-16-12-7-5-10(6-8-12)15(18)19/h2-9,17H,1H3,(H,18,19)/b16-9+. The molecule has 0 heterocycles. The molecular weight excluding hydrogens is 258 g/mol. The number of hydrogen-bond donors (Lipinski definition) is 2. The molecule has 0 fully saturated rings. The minimum Gasteiger partial charge on any atom is -0.504 e. The quantitative estimate of drug-likeness (QED) is 0.838. The van der Waals surface area contributed by atoms with Crippen molar-refractivity contribution in [2.75, 3.05) is 7.11 Å². The fourth-order valence-electron chi connectivity index (χ4n) is 1.64. The van der Waals surface area contributed by atoms with Crippen LogP contribution in [0, 0.1) is 0 Å². The van der Waals surface area contributed by atoms with E-state index in [1.807, 2.05) is 0 Å². The van der Waals surface area contributed by atoms with Crippen LogP contribution in [0.25, 0.3) is 0 Å². The molecule has 20 heavy (non-hydrogen) atoms. The summed E-state index contributed by atoms with van der Waals surface area (Å²) in [6, 6.07) is 11.2. The highest BCUT2D eigenvalue weighted by molar-refractivity contribution is 5.89. The third-order valence-corrected chi connectivity index (χ3v) is 2.72. The number of carbonyl (C=O) groups is 1. The molecule has 0 saturated carbocycles. The number of nitrogens with zero attached hydrogens (tertiary/aromatic N) is 1. The van der Waals surface area contributed by atoms with Crippen LogP contribution in [0.2, 0.25) is 0 Å². The molecule has 0 aliphatic heterocycles. The van der Waals surface area contributed by atoms with Gasteiger partial charge in [0.05, 0.1) is 18.4 Å². The highest BCUT2D eigenvalue weighted by Crippen LogP contribution is 2.28. The molecule has 5 heteroatoms. The number of rotatable bonds is 4. The molecule has 0 bridgehead atoms. The Balaban J connectivity index is 2.23. The SMILES string of the molecule is COc1cccc(/C=N/c2ccc(C(=O)O)cc2)c1O. The first kappa shape index (κ1) is 13.6. The first-order valence-corrected chi connectivity index (χ1v) is 5.85. The molecular formula is C15H13NO4. The summed E-state index contributed by atoms with van der Waals surface area (Å²) in [6.45, 7) is 0. The van der Waals surface area contributed by atoms with E-state index in [4.69, 9.17) is 9.84 Å². The number of ether oxygens (including phenoxy) is 1. The van der Waals surface area contributed by atoms with E-state index in [1.54, 1.807) is 30.3 Å². The van der Waals surface area contributed by atoms with Gasteiger partial charge in [-0.1, -0.05) is 6.07 Å². The topological polar surface area (TPSA) is 79.1 Å². The molecule has 0 spiro atoms. The van der Waals surface area contributed by atoms with Crippen molar-refractivity contribution >= 4 is 17.9 Å². The number of methoxy groups -OCH3 is 1. The minimum absolute atomic E-state index is 0.0147. The molecule has 0 atom stereocenters. The Hall–Kier alpha value is -2.82. The number of para-hydroxylation sites is 1. The molecule has 2 rings (SSSR count). The Kier molecular flexibility index (Phi) is 4.00. The molecule has 2 N–H and O–H groups in total. The van der Waals surface area contributed by atoms with Gasteiger partial charge in [-0.3, -0.25) is 4.99 Å². The lowest BCUT2D eigenvalue weighted by Crippen LogP contribution is -1.94. The summed E-state index contributed by atoms with van der Waals surface area (Å²) in [5, 5.41) is 18.7. The van der Waals surface area contributed by atoms with Gasteiger partial charge in [-0.15, -0.1) is 0 Å². The molecule has 0 aliphatic rings. The van der Waals surface area contributed by atoms with Crippen molar-refractivity contribution in [1.82, 2.24) is 0 Å². The summed E-state index contributed by atoms with van der Waals surface area (Å²) in [7, 11) is 1.47. The lowest BCUT2D eigenvalue weighted by atomic mass is 10.2. The van der Waals surface area contributed by atoms with Gasteiger partial charge in [0.2, 0.25) is 0 Å². The lowest BCUT2D eigenvalue weighted by Gasteiger charge is -2.04. The molecule has 2 aromatic rings. The Morgan fingerprint density at radius 3 is 2.50 bits per heavy atom. The summed E-state index contributed by atoms with van der Waals surface area (Å²) in [5.41, 5.74) is 1.32. The van der Waals surface area contributed by atoms with E-state index in [-0.39, 0.29) is 11.3 Å². The van der Waals surface area contributed by atoms with E-state index in [9.17, 15) is 9.90 Å². The Morgan fingerprint density at radius 2 is 1.90 bits per heavy atom. The summed E-state index contributed by atoms with van der Waals surface area (Å²) in [6.07, 6.45) is 1.49. The normalized spacial score (nSPS) is 10.7. The van der Waals surface area contributed by atoms with E-state index in [1.165, 1.54) is 25.5 Å². The third-order valence-electron chi connectivity index (χ3n) is 2.72. The zero-order valence-corrected chi connectivity index (χ0v) is 10.8. The lowest BCUT2D eigenvalue weighted by molar-refractivity contribution is 0.0697. The largest absolute Gasteiger partial charge is 0.504 e. The molecule has 0 saturated heterocycles. The van der Waals surface area contributed by atoms with E-state index < -0.39 is 5.97 Å². The van der Waals surface area contributed by atoms with Crippen molar-refractivity contribution < 1.29 is 19.7 Å². The van der Waals surface area contributed by atoms with E-state index in [0.29, 0.717) is 17.0 Å². The fraction of sp³-hybridized carbons (Fsp3) is 0.0667. The maximum atomic E-state index is 10.7. The van der Waals surface area contributed by atoms with Crippen LogP contribution in [0.1, 0.15) is 15.9 Å². The van der Waals surface area contributed by atoms with Gasteiger partial charge in [0.15, 0.2) is 11.5 Å². The second-order valence-corrected chi connectivity index (χ2v) is 4.01. The van der Waals surface area contributed by atoms with E-state index >= 15 is 0 Å². The average molecular weight is 271 g/mol. The number of aliphatic imine (C=N–C) groups is 1. The highest BCUT2D eigenvalue weighted by atomic mass is 16.5. The van der Waals surface area contributed by atoms with Gasteiger partial charge in [-0.05, 0) is 36.4 Å². The summed E-state index contributed by atoms with van der Waals surface area (Å²) in [4.78, 5) is 14.9. The number of carboxylic acids is 1. The molecule has 5 nitrogen and oxygen atoms in total. The van der Waals surface area contributed by atoms with E-state index in [0.717, 1.165) is 0 Å². The molecule has 0 aromatic heterocycles. The van der Waals surface area contributed by atoms with Crippen LogP contribution < -0.4 is 4.74 Å². The number of carboxylic acid groups (broad SMARTS) is 1. The summed E-state index contributed by atoms with van der Waals surface area (Å²) >= 11 is 0. The zero-order valence-electron chi connectivity index (χ0n) is 10.8. The van der Waals surface area contributed by atoms with Gasteiger partial charge in [0.1, 0.15) is 0 Å². The molecule has 102 valence electrons. The average Bonchev–Trinajstić information content (AvgIpc) is 2.46. The van der Waals surface area contributed by atoms with Gasteiger partial charge in [-0.2, -0.15) is 0 Å². The number of phenolic OH excluding ortho intramolecular Hbond substituents is 1. The molecule has 0 radical (unpaired) electrons. The second-order valence-electron chi connectivity index (χ2n) is 4.01. The summed E-state index contributed by atoms with van der Waals surface area (Å²) < 4.78 is 5.00. The van der Waals surface area contributed by atoms with Crippen LogP contribution in [-0.4, -0.2) is 29.5 Å². The number of aromatic hydroxyl groups is 1. The van der Waals surface area contributed by atoms with Crippen LogP contribution in [0.5, 0.6) is 11.5 Å². The van der Waals surface area contributed by atoms with Gasteiger partial charge < -0.3 is 14.9 Å². The Morgan fingerprint density at radius 1 is 1.20 bits per heavy atom. The predicted molar refractivity (Wildman–Crippen MR) is 75.3 cm³/mol. The smallest absolute Gasteiger partial charge is 0.335 e. The Labute approximate surface area is 115 Å². The predicted octanol–water partition coefficient (Wildman–Crippen LogP) is 2.85. The molecule has 0 aliphatic carbocycles. The monoisotopic (exact) mass is 271 g/mol. The third kappa shape index (κ3) is 2.95. The van der Waals surface area contributed by atoms with Crippen LogP contribution >= 0.6 is 0 Å². The first-order chi connectivity index (χ1) is 9.61. The van der Waals surface area contributed by atoms with Gasteiger partial charge in [-0.25, -0.2) is 4.79 Å². The van der Waals surface area contributed by atoms with Crippen molar-refractivity contribution in [3.8, 4) is 11.5 Å². The van der Waals surface area contributed by atoms with Gasteiger partial charge >= 0.3 is 5.97 Å². The Bertz CT molecular complexity index is 647. The highest BCUT2D eigenvalue weighted by Gasteiger charge is 2.05. The molecule has 2 aromatic carbocycles. The first-order valence-electron chi connectivity index (χ1n) is 5.85. The number of hydrogen-bond acceptors (Lipinski definition) is 4. The maximum Gasteiger partial charge on any atom is 0.335 e. The van der Waals surface area contributed by atoms with Crippen molar-refractivity contribution in [2.45, 2.75) is 0 Å². The number of benzene rings is 2. The van der Waals surface area contributed by atoms with Crippen LogP contribution in [-0.2, 0) is 0 Å². The van der Waals surface area contributed by atoms with E-state index in [2.05, 4.69) is 4.99 Å². The summed E-state index contributed by atoms with van der Waals surface area (Å²) in [5.74, 6) is -0.595. The van der Waals surface area contributed by atoms with Crippen molar-refractivity contribution in [1.29, 1.82) is 0 Å². The zero-order chi connectivity index (χ0) is 14.5. The minimum atomic E-state index is -0.981. The van der Waals surface area contributed by atoms with Crippen LogP contribution in [0.3, 0.4) is 0 Å². The van der Waals surface area contributed by atoms with Crippen LogP contribution in [0.15, 0.2) is 47.5 Å². The second kappa shape index (κ2) is 5.88. The maximum absolute atomic E-state index is 10.7. The van der Waals surface area contributed by atoms with Crippen molar-refractivity contribution in [2.24, 2.45) is 4.99 Å². The fourth-order valence-corrected chi connectivity index (χ4v) is 1.64. The van der Waals surface area contributed by atoms with Crippen molar-refractivity contribution in [3.05, 3.63) is 53.6 Å². The number of aromatic carboxylic acids is 1. The van der Waals surface area contributed by atoms with Crippen molar-refractivity contribution in [3.63, 3.8) is 0 Å².